The smallest absolute Gasteiger partial charge is 0.348 e. The molecule has 1 aromatic rings. The SMILES string of the molecule is O=C(OCC(=O)N(C1CCCC1)[C@@H]1CCS(=O)(=O)C1)c1cc2c(s1)CCC2. The van der Waals surface area contributed by atoms with Gasteiger partial charge in [0.05, 0.1) is 11.5 Å². The number of thiophene rings is 1. The summed E-state index contributed by atoms with van der Waals surface area (Å²) >= 11 is 1.46. The number of aryl methyl sites for hydroxylation is 2. The minimum atomic E-state index is -3.08. The molecular weight excluding hydrogens is 386 g/mol. The third-order valence-electron chi connectivity index (χ3n) is 5.88. The Labute approximate surface area is 163 Å². The zero-order valence-corrected chi connectivity index (χ0v) is 16.9. The van der Waals surface area contributed by atoms with E-state index in [1.165, 1.54) is 21.8 Å². The summed E-state index contributed by atoms with van der Waals surface area (Å²) in [4.78, 5) is 28.7. The summed E-state index contributed by atoms with van der Waals surface area (Å²) in [6.07, 6.45) is 7.53. The molecule has 8 heteroatoms. The molecule has 0 bridgehead atoms. The Bertz CT molecular complexity index is 817. The number of sulfone groups is 1. The Hall–Kier alpha value is -1.41. The standard InChI is InChI=1S/C19H25NO5S2/c21-18(11-25-19(22)17-10-13-4-3-7-16(13)26-17)20(14-5-1-2-6-14)15-8-9-27(23,24)12-15/h10,14-15H,1-9,11-12H2/t15-/m1/s1. The van der Waals surface area contributed by atoms with E-state index in [9.17, 15) is 18.0 Å². The lowest BCUT2D eigenvalue weighted by Crippen LogP contribution is -2.48. The number of hydrogen-bond acceptors (Lipinski definition) is 6. The molecule has 1 aliphatic heterocycles. The van der Waals surface area contributed by atoms with Crippen LogP contribution in [0.15, 0.2) is 6.07 Å². The maximum Gasteiger partial charge on any atom is 0.348 e. The van der Waals surface area contributed by atoms with E-state index in [1.54, 1.807) is 4.90 Å². The minimum absolute atomic E-state index is 0.0286. The quantitative estimate of drug-likeness (QED) is 0.695. The normalized spacial score (nSPS) is 24.1. The number of carbonyl (C=O) groups excluding carboxylic acids is 2. The number of amides is 1. The highest BCUT2D eigenvalue weighted by Gasteiger charge is 2.39. The van der Waals surface area contributed by atoms with Gasteiger partial charge in [0.1, 0.15) is 4.88 Å². The second-order valence-corrected chi connectivity index (χ2v) is 11.2. The van der Waals surface area contributed by atoms with Crippen LogP contribution in [-0.2, 0) is 32.2 Å². The molecular formula is C19H25NO5S2. The van der Waals surface area contributed by atoms with Gasteiger partial charge in [-0.05, 0) is 50.2 Å². The number of esters is 1. The fourth-order valence-electron chi connectivity index (χ4n) is 4.59. The fraction of sp³-hybridized carbons (Fsp3) is 0.684. The lowest BCUT2D eigenvalue weighted by molar-refractivity contribution is -0.139. The molecule has 0 spiro atoms. The van der Waals surface area contributed by atoms with Crippen LogP contribution in [0.25, 0.3) is 0 Å². The summed E-state index contributed by atoms with van der Waals surface area (Å²) in [5.74, 6) is -0.551. The molecule has 1 amide bonds. The van der Waals surface area contributed by atoms with Crippen LogP contribution in [0.2, 0.25) is 0 Å². The first-order valence-electron chi connectivity index (χ1n) is 9.73. The minimum Gasteiger partial charge on any atom is -0.451 e. The Morgan fingerprint density at radius 2 is 1.89 bits per heavy atom. The van der Waals surface area contributed by atoms with Gasteiger partial charge in [0.25, 0.3) is 5.91 Å². The largest absolute Gasteiger partial charge is 0.451 e. The maximum absolute atomic E-state index is 12.9. The molecule has 2 heterocycles. The number of fused-ring (bicyclic) bond motifs is 1. The van der Waals surface area contributed by atoms with Crippen molar-refractivity contribution >= 4 is 33.1 Å². The lowest BCUT2D eigenvalue weighted by Gasteiger charge is -2.33. The molecule has 0 unspecified atom stereocenters. The van der Waals surface area contributed by atoms with Crippen LogP contribution in [0, 0.1) is 0 Å². The molecule has 0 radical (unpaired) electrons. The first-order chi connectivity index (χ1) is 12.9. The molecule has 1 atom stereocenters. The van der Waals surface area contributed by atoms with Gasteiger partial charge in [0.2, 0.25) is 0 Å². The molecule has 2 aliphatic carbocycles. The Morgan fingerprint density at radius 3 is 2.56 bits per heavy atom. The number of rotatable bonds is 5. The average Bonchev–Trinajstić information content (AvgIpc) is 3.36. The van der Waals surface area contributed by atoms with Crippen LogP contribution in [0.3, 0.4) is 0 Å². The highest BCUT2D eigenvalue weighted by atomic mass is 32.2. The topological polar surface area (TPSA) is 80.8 Å². The number of carbonyl (C=O) groups is 2. The van der Waals surface area contributed by atoms with Gasteiger partial charge >= 0.3 is 5.97 Å². The molecule has 1 saturated heterocycles. The van der Waals surface area contributed by atoms with Gasteiger partial charge in [0.15, 0.2) is 16.4 Å². The Kier molecular flexibility index (Phi) is 5.29. The van der Waals surface area contributed by atoms with E-state index in [2.05, 4.69) is 0 Å². The predicted molar refractivity (Wildman–Crippen MR) is 103 cm³/mol. The van der Waals surface area contributed by atoms with Crippen molar-refractivity contribution in [3.05, 3.63) is 21.4 Å². The van der Waals surface area contributed by atoms with Gasteiger partial charge < -0.3 is 9.64 Å². The molecule has 4 rings (SSSR count). The van der Waals surface area contributed by atoms with Crippen LogP contribution in [0.5, 0.6) is 0 Å². The van der Waals surface area contributed by atoms with E-state index in [-0.39, 0.29) is 36.1 Å². The predicted octanol–water partition coefficient (Wildman–Crippen LogP) is 2.35. The van der Waals surface area contributed by atoms with Crippen LogP contribution in [-0.4, -0.2) is 55.4 Å². The van der Waals surface area contributed by atoms with E-state index in [1.807, 2.05) is 6.07 Å². The van der Waals surface area contributed by atoms with Crippen molar-refractivity contribution in [3.8, 4) is 0 Å². The van der Waals surface area contributed by atoms with E-state index in [0.29, 0.717) is 11.3 Å². The number of ether oxygens (including phenoxy) is 1. The van der Waals surface area contributed by atoms with Crippen molar-refractivity contribution in [1.29, 1.82) is 0 Å². The first-order valence-corrected chi connectivity index (χ1v) is 12.4. The van der Waals surface area contributed by atoms with E-state index in [4.69, 9.17) is 4.74 Å². The van der Waals surface area contributed by atoms with Gasteiger partial charge in [-0.2, -0.15) is 0 Å². The zero-order valence-electron chi connectivity index (χ0n) is 15.3. The molecule has 1 saturated carbocycles. The fourth-order valence-corrected chi connectivity index (χ4v) is 7.44. The van der Waals surface area contributed by atoms with Crippen LogP contribution in [0.4, 0.5) is 0 Å². The van der Waals surface area contributed by atoms with E-state index in [0.717, 1.165) is 44.9 Å². The van der Waals surface area contributed by atoms with E-state index >= 15 is 0 Å². The van der Waals surface area contributed by atoms with Crippen LogP contribution >= 0.6 is 11.3 Å². The summed E-state index contributed by atoms with van der Waals surface area (Å²) in [5, 5.41) is 0. The molecule has 2 fully saturated rings. The number of nitrogens with zero attached hydrogens (tertiary/aromatic N) is 1. The van der Waals surface area contributed by atoms with Gasteiger partial charge in [0, 0.05) is 17.0 Å². The molecule has 27 heavy (non-hydrogen) atoms. The molecule has 1 aromatic heterocycles. The summed E-state index contributed by atoms with van der Waals surface area (Å²) in [5.41, 5.74) is 1.22. The third-order valence-corrected chi connectivity index (χ3v) is 8.85. The van der Waals surface area contributed by atoms with Crippen molar-refractivity contribution in [2.24, 2.45) is 0 Å². The molecule has 6 nitrogen and oxygen atoms in total. The van der Waals surface area contributed by atoms with Gasteiger partial charge in [-0.1, -0.05) is 12.8 Å². The first kappa shape index (κ1) is 18.9. The second kappa shape index (κ2) is 7.54. The summed E-state index contributed by atoms with van der Waals surface area (Å²) in [7, 11) is -3.08. The van der Waals surface area contributed by atoms with E-state index < -0.39 is 15.8 Å². The third kappa shape index (κ3) is 4.06. The summed E-state index contributed by atoms with van der Waals surface area (Å²) < 4.78 is 29.1. The highest BCUT2D eigenvalue weighted by Crippen LogP contribution is 2.31. The van der Waals surface area contributed by atoms with Crippen LogP contribution < -0.4 is 0 Å². The maximum atomic E-state index is 12.9. The second-order valence-electron chi connectivity index (χ2n) is 7.78. The van der Waals surface area contributed by atoms with Crippen molar-refractivity contribution in [1.82, 2.24) is 4.90 Å². The summed E-state index contributed by atoms with van der Waals surface area (Å²) in [6, 6.07) is 1.67. The Morgan fingerprint density at radius 1 is 1.11 bits per heavy atom. The van der Waals surface area contributed by atoms with Gasteiger partial charge in [-0.25, -0.2) is 13.2 Å². The van der Waals surface area contributed by atoms with Crippen LogP contribution in [0.1, 0.15) is 58.6 Å². The van der Waals surface area contributed by atoms with Crippen molar-refractivity contribution in [2.75, 3.05) is 18.1 Å². The van der Waals surface area contributed by atoms with Crippen molar-refractivity contribution in [2.45, 2.75) is 63.5 Å². The van der Waals surface area contributed by atoms with Gasteiger partial charge in [-0.3, -0.25) is 4.79 Å². The zero-order chi connectivity index (χ0) is 19.0. The van der Waals surface area contributed by atoms with Crippen molar-refractivity contribution in [3.63, 3.8) is 0 Å². The molecule has 3 aliphatic rings. The van der Waals surface area contributed by atoms with Gasteiger partial charge in [-0.15, -0.1) is 11.3 Å². The monoisotopic (exact) mass is 411 g/mol. The highest BCUT2D eigenvalue weighted by molar-refractivity contribution is 7.91. The summed E-state index contributed by atoms with van der Waals surface area (Å²) in [6.45, 7) is -0.311. The average molecular weight is 412 g/mol. The molecule has 0 aromatic carbocycles. The number of hydrogen-bond donors (Lipinski definition) is 0. The lowest BCUT2D eigenvalue weighted by atomic mass is 10.1. The Balaban J connectivity index is 1.41. The molecule has 148 valence electrons. The van der Waals surface area contributed by atoms with Crippen molar-refractivity contribution < 1.29 is 22.7 Å². The molecule has 0 N–H and O–H groups in total.